The van der Waals surface area contributed by atoms with Gasteiger partial charge in [-0.1, -0.05) is 41.6 Å². The second kappa shape index (κ2) is 10.6. The lowest BCUT2D eigenvalue weighted by Crippen LogP contribution is -2.15. The standard InChI is InChI=1S/C25H23ClN4O3S/c1-16-7-12-22(33-3)21(13-16)27-23(31)15-34-25-29-28-24(17-5-4-6-20(14-17)32-2)30(25)19-10-8-18(26)9-11-19/h4-14H,15H2,1-3H3,(H,27,31). The topological polar surface area (TPSA) is 78.3 Å². The third-order valence-corrected chi connectivity index (χ3v) is 6.19. The number of amides is 1. The van der Waals surface area contributed by atoms with Crippen molar-refractivity contribution in [3.05, 3.63) is 77.3 Å². The number of aromatic nitrogens is 3. The van der Waals surface area contributed by atoms with Gasteiger partial charge in [0.15, 0.2) is 11.0 Å². The SMILES string of the molecule is COc1cccc(-c2nnc(SCC(=O)Nc3cc(C)ccc3OC)n2-c2ccc(Cl)cc2)c1. The number of anilines is 1. The number of methoxy groups -OCH3 is 2. The second-order valence-electron chi connectivity index (χ2n) is 7.39. The van der Waals surface area contributed by atoms with Crippen LogP contribution in [0.5, 0.6) is 11.5 Å². The first-order chi connectivity index (χ1) is 16.5. The Morgan fingerprint density at radius 2 is 1.82 bits per heavy atom. The fourth-order valence-electron chi connectivity index (χ4n) is 3.37. The first-order valence-electron chi connectivity index (χ1n) is 10.4. The number of carbonyl (C=O) groups excluding carboxylic acids is 1. The minimum absolute atomic E-state index is 0.140. The summed E-state index contributed by atoms with van der Waals surface area (Å²) in [7, 11) is 3.19. The van der Waals surface area contributed by atoms with Crippen LogP contribution < -0.4 is 14.8 Å². The number of halogens is 1. The van der Waals surface area contributed by atoms with Crippen LogP contribution in [0.3, 0.4) is 0 Å². The van der Waals surface area contributed by atoms with Gasteiger partial charge in [-0.05, 0) is 61.0 Å². The molecule has 0 aliphatic heterocycles. The molecule has 34 heavy (non-hydrogen) atoms. The number of benzene rings is 3. The molecule has 0 aliphatic carbocycles. The highest BCUT2D eigenvalue weighted by Gasteiger charge is 2.18. The Bertz CT molecular complexity index is 1310. The molecule has 0 atom stereocenters. The number of hydrogen-bond acceptors (Lipinski definition) is 6. The largest absolute Gasteiger partial charge is 0.497 e. The molecule has 174 valence electrons. The van der Waals surface area contributed by atoms with Gasteiger partial charge in [-0.2, -0.15) is 0 Å². The highest BCUT2D eigenvalue weighted by molar-refractivity contribution is 7.99. The lowest BCUT2D eigenvalue weighted by atomic mass is 10.2. The Balaban J connectivity index is 1.62. The van der Waals surface area contributed by atoms with Gasteiger partial charge in [-0.15, -0.1) is 10.2 Å². The zero-order valence-electron chi connectivity index (χ0n) is 18.9. The fourth-order valence-corrected chi connectivity index (χ4v) is 4.25. The smallest absolute Gasteiger partial charge is 0.234 e. The van der Waals surface area contributed by atoms with Gasteiger partial charge in [0.05, 0.1) is 25.7 Å². The van der Waals surface area contributed by atoms with Crippen molar-refractivity contribution >= 4 is 35.0 Å². The molecule has 0 radical (unpaired) electrons. The van der Waals surface area contributed by atoms with Gasteiger partial charge in [0.1, 0.15) is 11.5 Å². The van der Waals surface area contributed by atoms with Crippen molar-refractivity contribution in [1.29, 1.82) is 0 Å². The van der Waals surface area contributed by atoms with E-state index < -0.39 is 0 Å². The minimum atomic E-state index is -0.178. The number of ether oxygens (including phenoxy) is 2. The monoisotopic (exact) mass is 494 g/mol. The van der Waals surface area contributed by atoms with Crippen LogP contribution in [0.4, 0.5) is 5.69 Å². The van der Waals surface area contributed by atoms with Crippen molar-refractivity contribution in [3.63, 3.8) is 0 Å². The lowest BCUT2D eigenvalue weighted by Gasteiger charge is -2.12. The van der Waals surface area contributed by atoms with E-state index in [-0.39, 0.29) is 11.7 Å². The predicted octanol–water partition coefficient (Wildman–Crippen LogP) is 5.64. The number of nitrogens with zero attached hydrogens (tertiary/aromatic N) is 3. The maximum Gasteiger partial charge on any atom is 0.234 e. The van der Waals surface area contributed by atoms with Crippen LogP contribution in [-0.2, 0) is 4.79 Å². The molecule has 1 N–H and O–H groups in total. The van der Waals surface area contributed by atoms with Crippen molar-refractivity contribution in [1.82, 2.24) is 14.8 Å². The van der Waals surface area contributed by atoms with E-state index in [1.54, 1.807) is 26.4 Å². The summed E-state index contributed by atoms with van der Waals surface area (Å²) in [5, 5.41) is 12.9. The normalized spacial score (nSPS) is 10.7. The van der Waals surface area contributed by atoms with E-state index in [0.717, 1.165) is 16.8 Å². The van der Waals surface area contributed by atoms with Gasteiger partial charge in [0.25, 0.3) is 0 Å². The molecule has 1 heterocycles. The molecule has 0 saturated carbocycles. The molecule has 0 bridgehead atoms. The third-order valence-electron chi connectivity index (χ3n) is 5.01. The molecule has 7 nitrogen and oxygen atoms in total. The molecule has 0 aliphatic rings. The van der Waals surface area contributed by atoms with Gasteiger partial charge >= 0.3 is 0 Å². The summed E-state index contributed by atoms with van der Waals surface area (Å²) in [5.41, 5.74) is 3.32. The summed E-state index contributed by atoms with van der Waals surface area (Å²) in [6.07, 6.45) is 0. The summed E-state index contributed by atoms with van der Waals surface area (Å²) in [6.45, 7) is 1.96. The lowest BCUT2D eigenvalue weighted by molar-refractivity contribution is -0.113. The Kier molecular flexibility index (Phi) is 7.40. The van der Waals surface area contributed by atoms with Gasteiger partial charge in [-0.25, -0.2) is 0 Å². The first kappa shape index (κ1) is 23.7. The van der Waals surface area contributed by atoms with Crippen molar-refractivity contribution in [2.75, 3.05) is 25.3 Å². The molecule has 1 aromatic heterocycles. The highest BCUT2D eigenvalue weighted by atomic mass is 35.5. The predicted molar refractivity (Wildman–Crippen MR) is 135 cm³/mol. The maximum absolute atomic E-state index is 12.7. The second-order valence-corrected chi connectivity index (χ2v) is 8.77. The van der Waals surface area contributed by atoms with Crippen LogP contribution >= 0.6 is 23.4 Å². The van der Waals surface area contributed by atoms with Crippen molar-refractivity contribution in [2.45, 2.75) is 12.1 Å². The minimum Gasteiger partial charge on any atom is -0.497 e. The van der Waals surface area contributed by atoms with E-state index in [1.165, 1.54) is 11.8 Å². The van der Waals surface area contributed by atoms with E-state index in [4.69, 9.17) is 21.1 Å². The maximum atomic E-state index is 12.7. The summed E-state index contributed by atoms with van der Waals surface area (Å²) in [4.78, 5) is 12.7. The summed E-state index contributed by atoms with van der Waals surface area (Å²) < 4.78 is 12.6. The van der Waals surface area contributed by atoms with Crippen LogP contribution in [0.15, 0.2) is 71.9 Å². The molecule has 4 aromatic rings. The number of aryl methyl sites for hydroxylation is 1. The van der Waals surface area contributed by atoms with E-state index in [0.29, 0.717) is 33.2 Å². The van der Waals surface area contributed by atoms with Crippen molar-refractivity contribution in [3.8, 4) is 28.6 Å². The van der Waals surface area contributed by atoms with Crippen LogP contribution in [0.1, 0.15) is 5.56 Å². The van der Waals surface area contributed by atoms with Gasteiger partial charge < -0.3 is 14.8 Å². The number of thioether (sulfide) groups is 1. The molecular formula is C25H23ClN4O3S. The Morgan fingerprint density at radius 3 is 2.56 bits per heavy atom. The fraction of sp³-hybridized carbons (Fsp3) is 0.160. The summed E-state index contributed by atoms with van der Waals surface area (Å²) in [5.74, 6) is 1.91. The van der Waals surface area contributed by atoms with Crippen molar-refractivity contribution in [2.24, 2.45) is 0 Å². The average molecular weight is 495 g/mol. The van der Waals surface area contributed by atoms with E-state index >= 15 is 0 Å². The zero-order chi connectivity index (χ0) is 24.1. The van der Waals surface area contributed by atoms with E-state index in [1.807, 2.05) is 66.1 Å². The molecular weight excluding hydrogens is 472 g/mol. The Hall–Kier alpha value is -3.49. The van der Waals surface area contributed by atoms with Crippen LogP contribution in [0.25, 0.3) is 17.1 Å². The molecule has 3 aromatic carbocycles. The van der Waals surface area contributed by atoms with E-state index in [2.05, 4.69) is 15.5 Å². The highest BCUT2D eigenvalue weighted by Crippen LogP contribution is 2.31. The molecule has 1 amide bonds. The number of rotatable bonds is 8. The third kappa shape index (κ3) is 5.35. The van der Waals surface area contributed by atoms with E-state index in [9.17, 15) is 4.79 Å². The number of hydrogen-bond donors (Lipinski definition) is 1. The average Bonchev–Trinajstić information content (AvgIpc) is 3.27. The number of nitrogens with one attached hydrogen (secondary N) is 1. The molecule has 0 spiro atoms. The molecule has 4 rings (SSSR count). The van der Waals surface area contributed by atoms with Gasteiger partial charge in [0, 0.05) is 16.3 Å². The Morgan fingerprint density at radius 1 is 1.03 bits per heavy atom. The van der Waals surface area contributed by atoms with Gasteiger partial charge in [-0.3, -0.25) is 9.36 Å². The molecule has 9 heteroatoms. The van der Waals surface area contributed by atoms with Crippen molar-refractivity contribution < 1.29 is 14.3 Å². The van der Waals surface area contributed by atoms with Gasteiger partial charge in [0.2, 0.25) is 5.91 Å². The Labute approximate surface area is 207 Å². The summed E-state index contributed by atoms with van der Waals surface area (Å²) >= 11 is 7.39. The number of carbonyl (C=O) groups is 1. The molecule has 0 fully saturated rings. The zero-order valence-corrected chi connectivity index (χ0v) is 20.5. The molecule has 0 saturated heterocycles. The summed E-state index contributed by atoms with van der Waals surface area (Å²) in [6, 6.07) is 20.6. The van der Waals surface area contributed by atoms with Crippen LogP contribution in [0.2, 0.25) is 5.02 Å². The molecule has 0 unspecified atom stereocenters. The van der Waals surface area contributed by atoms with Crippen LogP contribution in [-0.4, -0.2) is 40.6 Å². The first-order valence-corrected chi connectivity index (χ1v) is 11.8. The van der Waals surface area contributed by atoms with Crippen LogP contribution in [0, 0.1) is 6.92 Å². The quantitative estimate of drug-likeness (QED) is 0.319.